The van der Waals surface area contributed by atoms with Crippen molar-refractivity contribution in [2.75, 3.05) is 0 Å². The van der Waals surface area contributed by atoms with E-state index in [1.165, 1.54) is 11.1 Å². The number of nitrogens with two attached hydrogens (primary N) is 1. The number of carboxylic acid groups (broad SMARTS) is 1. The number of hydrogen-bond donors (Lipinski definition) is 2. The van der Waals surface area contributed by atoms with Crippen LogP contribution < -0.4 is 5.73 Å². The molecular formula is C10H11N5O2. The molecule has 0 fully saturated rings. The molecular weight excluding hydrogens is 222 g/mol. The van der Waals surface area contributed by atoms with E-state index in [4.69, 9.17) is 10.8 Å². The molecule has 2 rings (SSSR count). The van der Waals surface area contributed by atoms with Crippen molar-refractivity contribution in [3.63, 3.8) is 0 Å². The zero-order chi connectivity index (χ0) is 12.3. The summed E-state index contributed by atoms with van der Waals surface area (Å²) in [5.41, 5.74) is 7.05. The topological polar surface area (TPSA) is 107 Å². The third kappa shape index (κ3) is 2.64. The molecule has 0 radical (unpaired) electrons. The van der Waals surface area contributed by atoms with Crippen LogP contribution in [-0.2, 0) is 11.2 Å². The van der Waals surface area contributed by atoms with Crippen molar-refractivity contribution in [1.29, 1.82) is 0 Å². The van der Waals surface area contributed by atoms with Gasteiger partial charge in [0.05, 0.1) is 5.69 Å². The number of aliphatic carboxylic acids is 1. The second-order valence-electron chi connectivity index (χ2n) is 3.54. The molecule has 0 saturated heterocycles. The summed E-state index contributed by atoms with van der Waals surface area (Å²) in [5.74, 6) is -1.01. The lowest BCUT2D eigenvalue weighted by Gasteiger charge is -2.06. The molecule has 0 aliphatic carbocycles. The normalized spacial score (nSPS) is 12.3. The Kier molecular flexibility index (Phi) is 3.10. The molecule has 7 nitrogen and oxygen atoms in total. The highest BCUT2D eigenvalue weighted by Crippen LogP contribution is 2.08. The summed E-state index contributed by atoms with van der Waals surface area (Å²) in [5, 5.41) is 19.9. The van der Waals surface area contributed by atoms with Crippen LogP contribution in [0.4, 0.5) is 0 Å². The Morgan fingerprint density at radius 2 is 2.12 bits per heavy atom. The molecule has 17 heavy (non-hydrogen) atoms. The highest BCUT2D eigenvalue weighted by atomic mass is 16.4. The van der Waals surface area contributed by atoms with Gasteiger partial charge in [-0.05, 0) is 29.3 Å². The highest BCUT2D eigenvalue weighted by Gasteiger charge is 2.11. The number of tetrazole rings is 1. The van der Waals surface area contributed by atoms with Gasteiger partial charge in [0.1, 0.15) is 6.04 Å². The third-order valence-electron chi connectivity index (χ3n) is 2.29. The number of nitrogens with zero attached hydrogens (tertiary/aromatic N) is 4. The summed E-state index contributed by atoms with van der Waals surface area (Å²) < 4.78 is 0. The molecule has 0 aliphatic heterocycles. The third-order valence-corrected chi connectivity index (χ3v) is 2.29. The van der Waals surface area contributed by atoms with Gasteiger partial charge in [-0.3, -0.25) is 4.79 Å². The Morgan fingerprint density at radius 1 is 1.41 bits per heavy atom. The fourth-order valence-corrected chi connectivity index (χ4v) is 1.39. The van der Waals surface area contributed by atoms with Gasteiger partial charge in [-0.15, -0.1) is 15.0 Å². The lowest BCUT2D eigenvalue weighted by molar-refractivity contribution is -0.138. The van der Waals surface area contributed by atoms with E-state index in [2.05, 4.69) is 15.4 Å². The standard InChI is InChI=1S/C10H11N5O2/c11-9(10(16)17)5-7-1-3-8(4-2-7)15-13-6-12-14-15/h1-4,6,9H,5,11H2,(H,16,17)/t9-/m0/s1. The van der Waals surface area contributed by atoms with E-state index in [1.54, 1.807) is 24.3 Å². The number of benzene rings is 1. The average molecular weight is 233 g/mol. The molecule has 3 N–H and O–H groups in total. The minimum atomic E-state index is -1.01. The number of carboxylic acids is 1. The molecule has 0 spiro atoms. The number of aromatic nitrogens is 4. The Balaban J connectivity index is 2.11. The lowest BCUT2D eigenvalue weighted by Crippen LogP contribution is -2.32. The van der Waals surface area contributed by atoms with Gasteiger partial charge in [0.25, 0.3) is 0 Å². The van der Waals surface area contributed by atoms with Crippen LogP contribution in [0.3, 0.4) is 0 Å². The second kappa shape index (κ2) is 4.71. The summed E-state index contributed by atoms with van der Waals surface area (Å²) in [4.78, 5) is 12.0. The molecule has 88 valence electrons. The van der Waals surface area contributed by atoms with Crippen LogP contribution in [0, 0.1) is 0 Å². The first-order chi connectivity index (χ1) is 8.16. The summed E-state index contributed by atoms with van der Waals surface area (Å²) in [6.07, 6.45) is 1.63. The Bertz CT molecular complexity index is 494. The van der Waals surface area contributed by atoms with Crippen molar-refractivity contribution in [1.82, 2.24) is 20.2 Å². The monoisotopic (exact) mass is 233 g/mol. The number of carbonyl (C=O) groups is 1. The van der Waals surface area contributed by atoms with Gasteiger partial charge in [0.2, 0.25) is 0 Å². The van der Waals surface area contributed by atoms with Crippen LogP contribution in [0.1, 0.15) is 5.56 Å². The maximum Gasteiger partial charge on any atom is 0.320 e. The molecule has 0 amide bonds. The van der Waals surface area contributed by atoms with Crippen LogP contribution in [0.15, 0.2) is 30.6 Å². The molecule has 7 heteroatoms. The predicted molar refractivity (Wildman–Crippen MR) is 58.5 cm³/mol. The first kappa shape index (κ1) is 11.2. The first-order valence-corrected chi connectivity index (χ1v) is 4.97. The van der Waals surface area contributed by atoms with Gasteiger partial charge in [-0.2, -0.15) is 0 Å². The fourth-order valence-electron chi connectivity index (χ4n) is 1.39. The fraction of sp³-hybridized carbons (Fsp3) is 0.200. The summed E-state index contributed by atoms with van der Waals surface area (Å²) in [6, 6.07) is 6.27. The van der Waals surface area contributed by atoms with Crippen molar-refractivity contribution >= 4 is 5.97 Å². The molecule has 1 atom stereocenters. The molecule has 0 saturated carbocycles. The van der Waals surface area contributed by atoms with Crippen LogP contribution in [0.2, 0.25) is 0 Å². The van der Waals surface area contributed by atoms with Gasteiger partial charge in [-0.1, -0.05) is 12.1 Å². The van der Waals surface area contributed by atoms with E-state index >= 15 is 0 Å². The van der Waals surface area contributed by atoms with Crippen molar-refractivity contribution in [2.45, 2.75) is 12.5 Å². The van der Waals surface area contributed by atoms with E-state index in [9.17, 15) is 4.79 Å². The maximum atomic E-state index is 10.6. The quantitative estimate of drug-likeness (QED) is 0.745. The smallest absolute Gasteiger partial charge is 0.320 e. The van der Waals surface area contributed by atoms with Crippen LogP contribution in [0.5, 0.6) is 0 Å². The summed E-state index contributed by atoms with van der Waals surface area (Å²) in [6.45, 7) is 0. The predicted octanol–water partition coefficient (Wildman–Crippen LogP) is -0.383. The van der Waals surface area contributed by atoms with Gasteiger partial charge in [0.15, 0.2) is 6.33 Å². The zero-order valence-electron chi connectivity index (χ0n) is 8.89. The van der Waals surface area contributed by atoms with Crippen molar-refractivity contribution < 1.29 is 9.90 Å². The van der Waals surface area contributed by atoms with Crippen molar-refractivity contribution in [3.05, 3.63) is 36.2 Å². The molecule has 0 unspecified atom stereocenters. The highest BCUT2D eigenvalue weighted by molar-refractivity contribution is 5.73. The molecule has 1 aromatic heterocycles. The summed E-state index contributed by atoms with van der Waals surface area (Å²) in [7, 11) is 0. The minimum absolute atomic E-state index is 0.292. The van der Waals surface area contributed by atoms with Gasteiger partial charge < -0.3 is 10.8 Å². The lowest BCUT2D eigenvalue weighted by atomic mass is 10.1. The summed E-state index contributed by atoms with van der Waals surface area (Å²) >= 11 is 0. The Hall–Kier alpha value is -2.28. The van der Waals surface area contributed by atoms with Crippen molar-refractivity contribution in [3.8, 4) is 5.69 Å². The maximum absolute atomic E-state index is 10.6. The van der Waals surface area contributed by atoms with E-state index in [-0.39, 0.29) is 0 Å². The largest absolute Gasteiger partial charge is 0.480 e. The molecule has 1 heterocycles. The molecule has 2 aromatic rings. The van der Waals surface area contributed by atoms with Gasteiger partial charge in [-0.25, -0.2) is 0 Å². The van der Waals surface area contributed by atoms with Gasteiger partial charge in [0, 0.05) is 0 Å². The van der Waals surface area contributed by atoms with Crippen LogP contribution in [-0.4, -0.2) is 37.3 Å². The Labute approximate surface area is 96.9 Å². The molecule has 1 aromatic carbocycles. The van der Waals surface area contributed by atoms with Crippen LogP contribution >= 0.6 is 0 Å². The van der Waals surface area contributed by atoms with E-state index < -0.39 is 12.0 Å². The molecule has 0 bridgehead atoms. The SMILES string of the molecule is N[C@@H](Cc1ccc(-n2ncnn2)cc1)C(=O)O. The molecule has 0 aliphatic rings. The van der Waals surface area contributed by atoms with E-state index in [0.717, 1.165) is 11.3 Å². The number of rotatable bonds is 4. The average Bonchev–Trinajstić information content (AvgIpc) is 2.83. The van der Waals surface area contributed by atoms with Crippen LogP contribution in [0.25, 0.3) is 5.69 Å². The second-order valence-corrected chi connectivity index (χ2v) is 3.54. The van der Waals surface area contributed by atoms with E-state index in [1.807, 2.05) is 0 Å². The first-order valence-electron chi connectivity index (χ1n) is 4.97. The van der Waals surface area contributed by atoms with Gasteiger partial charge >= 0.3 is 5.97 Å². The zero-order valence-corrected chi connectivity index (χ0v) is 8.89. The Morgan fingerprint density at radius 3 is 2.65 bits per heavy atom. The minimum Gasteiger partial charge on any atom is -0.480 e. The van der Waals surface area contributed by atoms with E-state index in [0.29, 0.717) is 6.42 Å². The number of hydrogen-bond acceptors (Lipinski definition) is 5. The van der Waals surface area contributed by atoms with Crippen molar-refractivity contribution in [2.24, 2.45) is 5.73 Å².